The molecule has 1 heterocycles. The Labute approximate surface area is 69.4 Å². The highest BCUT2D eigenvalue weighted by Crippen LogP contribution is 2.05. The highest BCUT2D eigenvalue weighted by atomic mass is 16.5. The zero-order valence-electron chi connectivity index (χ0n) is 6.87. The smallest absolute Gasteiger partial charge is 0.189 e. The third-order valence-corrected chi connectivity index (χ3v) is 1.05. The molecule has 0 atom stereocenters. The van der Waals surface area contributed by atoms with Gasteiger partial charge in [0.1, 0.15) is 5.76 Å². The van der Waals surface area contributed by atoms with E-state index in [1.165, 1.54) is 13.1 Å². The lowest BCUT2D eigenvalue weighted by Gasteiger charge is -1.88. The quantitative estimate of drug-likeness (QED) is 0.538. The largest absolute Gasteiger partial charge is 0.359 e. The van der Waals surface area contributed by atoms with Gasteiger partial charge in [-0.25, -0.2) is 0 Å². The molecule has 0 spiro atoms. The van der Waals surface area contributed by atoms with Gasteiger partial charge in [-0.15, -0.1) is 0 Å². The normalized spacial score (nSPS) is 10.5. The predicted molar refractivity (Wildman–Crippen MR) is 44.0 cm³/mol. The van der Waals surface area contributed by atoms with E-state index in [1.54, 1.807) is 13.0 Å². The van der Waals surface area contributed by atoms with Crippen LogP contribution in [0.15, 0.2) is 15.7 Å². The summed E-state index contributed by atoms with van der Waals surface area (Å²) in [5, 5.41) is 7.21. The zero-order chi connectivity index (χ0) is 8.97. The molecule has 0 aliphatic rings. The van der Waals surface area contributed by atoms with Crippen LogP contribution in [0.5, 0.6) is 0 Å². The lowest BCUT2D eigenvalue weighted by molar-refractivity contribution is -0.110. The van der Waals surface area contributed by atoms with Crippen LogP contribution in [0.2, 0.25) is 0 Å². The van der Waals surface area contributed by atoms with Gasteiger partial charge in [0.05, 0.1) is 6.21 Å². The van der Waals surface area contributed by atoms with Crippen molar-refractivity contribution >= 4 is 17.8 Å². The Morgan fingerprint density at radius 2 is 2.58 bits per heavy atom. The Bertz CT molecular complexity index is 303. The van der Waals surface area contributed by atoms with E-state index in [9.17, 15) is 4.79 Å². The molecule has 5 heteroatoms. The van der Waals surface area contributed by atoms with E-state index in [4.69, 9.17) is 4.52 Å². The van der Waals surface area contributed by atoms with Crippen molar-refractivity contribution < 1.29 is 9.32 Å². The van der Waals surface area contributed by atoms with Gasteiger partial charge in [-0.1, -0.05) is 5.16 Å². The Morgan fingerprint density at radius 3 is 3.08 bits per heavy atom. The number of aromatic nitrogens is 1. The minimum atomic E-state index is -0.122. The second-order valence-electron chi connectivity index (χ2n) is 2.30. The molecule has 12 heavy (non-hydrogen) atoms. The van der Waals surface area contributed by atoms with Crippen molar-refractivity contribution in [2.24, 2.45) is 5.10 Å². The molecule has 0 fully saturated rings. The topological polar surface area (TPSA) is 67.5 Å². The molecule has 0 aliphatic carbocycles. The number of hydrazone groups is 1. The number of aryl methyl sites for hydroxylation is 1. The number of anilines is 1. The fourth-order valence-corrected chi connectivity index (χ4v) is 0.608. The van der Waals surface area contributed by atoms with Crippen LogP contribution < -0.4 is 5.43 Å². The van der Waals surface area contributed by atoms with E-state index in [-0.39, 0.29) is 5.78 Å². The van der Waals surface area contributed by atoms with Crippen molar-refractivity contribution in [1.29, 1.82) is 0 Å². The molecular weight excluding hydrogens is 158 g/mol. The van der Waals surface area contributed by atoms with Crippen LogP contribution in [0.25, 0.3) is 0 Å². The molecule has 64 valence electrons. The fourth-order valence-electron chi connectivity index (χ4n) is 0.608. The molecule has 0 saturated carbocycles. The molecule has 0 unspecified atom stereocenters. The first-order valence-electron chi connectivity index (χ1n) is 3.41. The molecule has 1 N–H and O–H groups in total. The summed E-state index contributed by atoms with van der Waals surface area (Å²) in [5.74, 6) is 1.06. The van der Waals surface area contributed by atoms with Crippen LogP contribution >= 0.6 is 0 Å². The maximum Gasteiger partial charge on any atom is 0.189 e. The number of hydrogen-bond donors (Lipinski definition) is 1. The average Bonchev–Trinajstić information content (AvgIpc) is 2.35. The highest BCUT2D eigenvalue weighted by Gasteiger charge is 1.95. The van der Waals surface area contributed by atoms with Crippen molar-refractivity contribution in [3.05, 3.63) is 11.8 Å². The standard InChI is InChI=1S/C7H9N3O2/c1-5(11)4-8-9-7-3-6(2)12-10-7/h3-4H,1-2H3,(H,9,10)/b8-4+. The second-order valence-corrected chi connectivity index (χ2v) is 2.30. The summed E-state index contributed by atoms with van der Waals surface area (Å²) in [7, 11) is 0. The Balaban J connectivity index is 2.48. The third-order valence-electron chi connectivity index (χ3n) is 1.05. The van der Waals surface area contributed by atoms with Gasteiger partial charge in [-0.05, 0) is 6.92 Å². The van der Waals surface area contributed by atoms with E-state index in [2.05, 4.69) is 15.7 Å². The molecule has 0 aliphatic heterocycles. The SMILES string of the molecule is CC(=O)/C=N/Nc1cc(C)on1. The molecule has 0 radical (unpaired) electrons. The summed E-state index contributed by atoms with van der Waals surface area (Å²) >= 11 is 0. The fraction of sp³-hybridized carbons (Fsp3) is 0.286. The lowest BCUT2D eigenvalue weighted by Crippen LogP contribution is -1.95. The minimum absolute atomic E-state index is 0.122. The van der Waals surface area contributed by atoms with Crippen LogP contribution in [0.3, 0.4) is 0 Å². The van der Waals surface area contributed by atoms with E-state index in [1.807, 2.05) is 0 Å². The van der Waals surface area contributed by atoms with E-state index in [0.717, 1.165) is 0 Å². The molecule has 5 nitrogen and oxygen atoms in total. The Hall–Kier alpha value is -1.65. The summed E-state index contributed by atoms with van der Waals surface area (Å²) < 4.78 is 4.75. The predicted octanol–water partition coefficient (Wildman–Crippen LogP) is 0.970. The highest BCUT2D eigenvalue weighted by molar-refractivity contribution is 6.26. The van der Waals surface area contributed by atoms with Crippen molar-refractivity contribution in [3.63, 3.8) is 0 Å². The lowest BCUT2D eigenvalue weighted by atomic mass is 10.5. The van der Waals surface area contributed by atoms with Gasteiger partial charge < -0.3 is 4.52 Å². The molecular formula is C7H9N3O2. The number of hydrogen-bond acceptors (Lipinski definition) is 5. The van der Waals surface area contributed by atoms with Crippen LogP contribution in [-0.2, 0) is 4.79 Å². The number of rotatable bonds is 3. The van der Waals surface area contributed by atoms with E-state index < -0.39 is 0 Å². The van der Waals surface area contributed by atoms with Gasteiger partial charge in [-0.3, -0.25) is 10.2 Å². The number of carbonyl (C=O) groups is 1. The minimum Gasteiger partial charge on any atom is -0.359 e. The van der Waals surface area contributed by atoms with Crippen LogP contribution in [0, 0.1) is 6.92 Å². The first-order chi connectivity index (χ1) is 5.68. The van der Waals surface area contributed by atoms with Crippen LogP contribution in [-0.4, -0.2) is 17.2 Å². The summed E-state index contributed by atoms with van der Waals surface area (Å²) in [6.07, 6.45) is 1.17. The summed E-state index contributed by atoms with van der Waals surface area (Å²) in [6.45, 7) is 3.19. The summed E-state index contributed by atoms with van der Waals surface area (Å²) in [6, 6.07) is 1.68. The summed E-state index contributed by atoms with van der Waals surface area (Å²) in [5.41, 5.74) is 2.54. The number of ketones is 1. The third kappa shape index (κ3) is 2.53. The monoisotopic (exact) mass is 167 g/mol. The molecule has 0 saturated heterocycles. The number of nitrogens with zero attached hydrogens (tertiary/aromatic N) is 2. The molecule has 1 aromatic heterocycles. The number of nitrogens with one attached hydrogen (secondary N) is 1. The van der Waals surface area contributed by atoms with E-state index in [0.29, 0.717) is 11.6 Å². The van der Waals surface area contributed by atoms with E-state index >= 15 is 0 Å². The average molecular weight is 167 g/mol. The Kier molecular flexibility index (Phi) is 2.57. The number of Topliss-reactive ketones (excluding diaryl/α,β-unsaturated/α-hetero) is 1. The molecule has 1 rings (SSSR count). The molecule has 0 bridgehead atoms. The van der Waals surface area contributed by atoms with Gasteiger partial charge in [0.2, 0.25) is 0 Å². The van der Waals surface area contributed by atoms with Gasteiger partial charge in [0, 0.05) is 13.0 Å². The van der Waals surface area contributed by atoms with Crippen molar-refractivity contribution in [2.45, 2.75) is 13.8 Å². The molecule has 0 amide bonds. The van der Waals surface area contributed by atoms with Gasteiger partial charge in [0.25, 0.3) is 0 Å². The first-order valence-corrected chi connectivity index (χ1v) is 3.41. The Morgan fingerprint density at radius 1 is 1.83 bits per heavy atom. The first kappa shape index (κ1) is 8.45. The maximum atomic E-state index is 10.4. The van der Waals surface area contributed by atoms with Gasteiger partial charge in [0.15, 0.2) is 11.6 Å². The van der Waals surface area contributed by atoms with Crippen molar-refractivity contribution in [2.75, 3.05) is 5.43 Å². The van der Waals surface area contributed by atoms with Crippen molar-refractivity contribution in [1.82, 2.24) is 5.16 Å². The van der Waals surface area contributed by atoms with Gasteiger partial charge in [-0.2, -0.15) is 5.10 Å². The van der Waals surface area contributed by atoms with Crippen LogP contribution in [0.4, 0.5) is 5.82 Å². The van der Waals surface area contributed by atoms with Crippen molar-refractivity contribution in [3.8, 4) is 0 Å². The zero-order valence-corrected chi connectivity index (χ0v) is 6.87. The van der Waals surface area contributed by atoms with Crippen LogP contribution in [0.1, 0.15) is 12.7 Å². The number of carbonyl (C=O) groups excluding carboxylic acids is 1. The maximum absolute atomic E-state index is 10.4. The summed E-state index contributed by atoms with van der Waals surface area (Å²) in [4.78, 5) is 10.4. The van der Waals surface area contributed by atoms with Gasteiger partial charge >= 0.3 is 0 Å². The molecule has 0 aromatic carbocycles. The second kappa shape index (κ2) is 3.66. The molecule has 1 aromatic rings.